The summed E-state index contributed by atoms with van der Waals surface area (Å²) >= 11 is 0. The number of rotatable bonds is 6. The number of likely N-dealkylation sites (tertiary alicyclic amines) is 1. The summed E-state index contributed by atoms with van der Waals surface area (Å²) in [5, 5.41) is 12.4. The van der Waals surface area contributed by atoms with Gasteiger partial charge in [0.1, 0.15) is 11.6 Å². The third-order valence-electron chi connectivity index (χ3n) is 6.75. The monoisotopic (exact) mass is 558 g/mol. The molecule has 0 saturated carbocycles. The first kappa shape index (κ1) is 25.2. The molecule has 0 unspecified atom stereocenters. The number of aromatic nitrogens is 3. The lowest BCUT2D eigenvalue weighted by atomic mass is 10.2. The van der Waals surface area contributed by atoms with Crippen molar-refractivity contribution >= 4 is 35.8 Å². The predicted molar refractivity (Wildman–Crippen MR) is 137 cm³/mol. The molecule has 1 amide bonds. The van der Waals surface area contributed by atoms with E-state index >= 15 is 0 Å². The lowest BCUT2D eigenvalue weighted by Crippen LogP contribution is -2.54. The minimum Gasteiger partial charge on any atom is -0.356 e. The molecule has 9 nitrogen and oxygen atoms in total. The van der Waals surface area contributed by atoms with Gasteiger partial charge in [0.15, 0.2) is 5.96 Å². The number of aliphatic imine (C=N–C) groups is 1. The van der Waals surface area contributed by atoms with Crippen molar-refractivity contribution in [3.05, 3.63) is 11.6 Å². The van der Waals surface area contributed by atoms with Crippen LogP contribution in [0, 0.1) is 0 Å². The van der Waals surface area contributed by atoms with Gasteiger partial charge >= 0.3 is 0 Å². The molecule has 4 heterocycles. The van der Waals surface area contributed by atoms with Crippen LogP contribution in [0.2, 0.25) is 0 Å². The Morgan fingerprint density at radius 3 is 2.44 bits per heavy atom. The molecule has 0 atom stereocenters. The Hall–Kier alpha value is -1.43. The number of halogens is 1. The number of hydrogen-bond donors (Lipinski definition) is 1. The van der Waals surface area contributed by atoms with Gasteiger partial charge in [-0.2, -0.15) is 0 Å². The van der Waals surface area contributed by atoms with Crippen molar-refractivity contribution in [2.24, 2.45) is 4.99 Å². The van der Waals surface area contributed by atoms with Crippen LogP contribution >= 0.6 is 24.0 Å². The molecule has 0 aromatic carbocycles. The molecule has 0 radical (unpaired) electrons. The normalized spacial score (nSPS) is 20.0. The molecule has 180 valence electrons. The van der Waals surface area contributed by atoms with Crippen molar-refractivity contribution in [1.82, 2.24) is 34.8 Å². The Bertz CT molecular complexity index is 753. The highest BCUT2D eigenvalue weighted by molar-refractivity contribution is 14.0. The lowest BCUT2D eigenvalue weighted by molar-refractivity contribution is -0.131. The van der Waals surface area contributed by atoms with Crippen molar-refractivity contribution in [3.8, 4) is 0 Å². The summed E-state index contributed by atoms with van der Waals surface area (Å²) in [4.78, 5) is 23.5. The van der Waals surface area contributed by atoms with Crippen LogP contribution in [0.1, 0.15) is 50.2 Å². The van der Waals surface area contributed by atoms with Crippen molar-refractivity contribution < 1.29 is 4.79 Å². The molecule has 0 aliphatic carbocycles. The summed E-state index contributed by atoms with van der Waals surface area (Å²) in [6.07, 6.45) is 9.09. The van der Waals surface area contributed by atoms with Gasteiger partial charge in [0.05, 0.1) is 6.54 Å². The van der Waals surface area contributed by atoms with E-state index in [2.05, 4.69) is 34.9 Å². The maximum atomic E-state index is 12.4. The SMILES string of the molecule is CN=C(NCCCc1nnc2n1CCCCC2)N1CCN(CC(=O)N2CCCC2)CC1.I. The highest BCUT2D eigenvalue weighted by Crippen LogP contribution is 2.15. The fourth-order valence-corrected chi connectivity index (χ4v) is 4.88. The number of nitrogens with one attached hydrogen (secondary N) is 1. The number of nitrogens with zero attached hydrogens (tertiary/aromatic N) is 7. The highest BCUT2D eigenvalue weighted by Gasteiger charge is 2.24. The van der Waals surface area contributed by atoms with Crippen LogP contribution in [0.25, 0.3) is 0 Å². The zero-order valence-electron chi connectivity index (χ0n) is 19.5. The van der Waals surface area contributed by atoms with Gasteiger partial charge in [-0.3, -0.25) is 14.7 Å². The number of amides is 1. The lowest BCUT2D eigenvalue weighted by Gasteiger charge is -2.36. The van der Waals surface area contributed by atoms with Crippen LogP contribution < -0.4 is 5.32 Å². The quantitative estimate of drug-likeness (QED) is 0.246. The fourth-order valence-electron chi connectivity index (χ4n) is 4.88. The predicted octanol–water partition coefficient (Wildman–Crippen LogP) is 1.37. The molecule has 2 saturated heterocycles. The molecule has 0 spiro atoms. The second kappa shape index (κ2) is 12.7. The second-order valence-electron chi connectivity index (χ2n) is 8.92. The molecule has 32 heavy (non-hydrogen) atoms. The molecule has 3 aliphatic heterocycles. The van der Waals surface area contributed by atoms with E-state index in [9.17, 15) is 4.79 Å². The van der Waals surface area contributed by atoms with E-state index in [4.69, 9.17) is 0 Å². The van der Waals surface area contributed by atoms with E-state index in [-0.39, 0.29) is 24.0 Å². The Morgan fingerprint density at radius 1 is 0.938 bits per heavy atom. The Morgan fingerprint density at radius 2 is 1.69 bits per heavy atom. The van der Waals surface area contributed by atoms with Gasteiger partial charge in [0, 0.05) is 72.2 Å². The third-order valence-corrected chi connectivity index (χ3v) is 6.75. The average Bonchev–Trinajstić information content (AvgIpc) is 3.40. The Balaban J connectivity index is 0.00000289. The van der Waals surface area contributed by atoms with Gasteiger partial charge in [-0.05, 0) is 32.1 Å². The van der Waals surface area contributed by atoms with Gasteiger partial charge in [0.25, 0.3) is 0 Å². The number of fused-ring (bicyclic) bond motifs is 1. The second-order valence-corrected chi connectivity index (χ2v) is 8.92. The smallest absolute Gasteiger partial charge is 0.236 e. The fraction of sp³-hybridized carbons (Fsp3) is 0.818. The van der Waals surface area contributed by atoms with Gasteiger partial charge in [-0.15, -0.1) is 34.2 Å². The summed E-state index contributed by atoms with van der Waals surface area (Å²) in [5.74, 6) is 3.55. The van der Waals surface area contributed by atoms with Gasteiger partial charge < -0.3 is 19.7 Å². The van der Waals surface area contributed by atoms with Crippen molar-refractivity contribution in [3.63, 3.8) is 0 Å². The van der Waals surface area contributed by atoms with Crippen LogP contribution in [-0.2, 0) is 24.2 Å². The summed E-state index contributed by atoms with van der Waals surface area (Å²) in [6, 6.07) is 0. The number of carbonyl (C=O) groups is 1. The van der Waals surface area contributed by atoms with E-state index in [1.807, 2.05) is 11.9 Å². The first-order valence-electron chi connectivity index (χ1n) is 12.1. The number of guanidine groups is 1. The van der Waals surface area contributed by atoms with Crippen LogP contribution in [0.15, 0.2) is 4.99 Å². The minimum absolute atomic E-state index is 0. The molecule has 4 rings (SSSR count). The molecular formula is C22H39IN8O. The molecule has 1 aromatic rings. The van der Waals surface area contributed by atoms with Crippen molar-refractivity contribution in [1.29, 1.82) is 0 Å². The average molecular weight is 559 g/mol. The Labute approximate surface area is 209 Å². The van der Waals surface area contributed by atoms with Crippen LogP contribution in [0.4, 0.5) is 0 Å². The van der Waals surface area contributed by atoms with E-state index < -0.39 is 0 Å². The zero-order chi connectivity index (χ0) is 21.5. The van der Waals surface area contributed by atoms with E-state index in [1.54, 1.807) is 0 Å². The largest absolute Gasteiger partial charge is 0.356 e. The van der Waals surface area contributed by atoms with Crippen LogP contribution in [-0.4, -0.2) is 101 Å². The Kier molecular flexibility index (Phi) is 10.0. The first-order valence-corrected chi connectivity index (χ1v) is 12.1. The van der Waals surface area contributed by atoms with Crippen molar-refractivity contribution in [2.75, 3.05) is 59.4 Å². The molecular weight excluding hydrogens is 519 g/mol. The molecule has 0 bridgehead atoms. The third kappa shape index (κ3) is 6.55. The minimum atomic E-state index is 0. The van der Waals surface area contributed by atoms with Gasteiger partial charge in [0.2, 0.25) is 5.91 Å². The van der Waals surface area contributed by atoms with E-state index in [0.29, 0.717) is 12.5 Å². The zero-order valence-corrected chi connectivity index (χ0v) is 21.8. The summed E-state index contributed by atoms with van der Waals surface area (Å²) in [5.41, 5.74) is 0. The number of piperazine rings is 1. The van der Waals surface area contributed by atoms with E-state index in [1.165, 1.54) is 19.3 Å². The highest BCUT2D eigenvalue weighted by atomic mass is 127. The maximum absolute atomic E-state index is 12.4. The van der Waals surface area contributed by atoms with Crippen molar-refractivity contribution in [2.45, 2.75) is 57.9 Å². The topological polar surface area (TPSA) is 81.9 Å². The number of aryl methyl sites for hydroxylation is 2. The first-order chi connectivity index (χ1) is 15.2. The molecule has 1 aromatic heterocycles. The molecule has 10 heteroatoms. The summed E-state index contributed by atoms with van der Waals surface area (Å²) in [6.45, 7) is 8.01. The van der Waals surface area contributed by atoms with E-state index in [0.717, 1.165) is 102 Å². The van der Waals surface area contributed by atoms with Gasteiger partial charge in [-0.1, -0.05) is 6.42 Å². The number of hydrogen-bond acceptors (Lipinski definition) is 5. The molecule has 1 N–H and O–H groups in total. The molecule has 2 fully saturated rings. The summed E-state index contributed by atoms with van der Waals surface area (Å²) < 4.78 is 2.34. The maximum Gasteiger partial charge on any atom is 0.236 e. The van der Waals surface area contributed by atoms with Gasteiger partial charge in [-0.25, -0.2) is 0 Å². The van der Waals surface area contributed by atoms with Crippen LogP contribution in [0.5, 0.6) is 0 Å². The molecule has 3 aliphatic rings. The van der Waals surface area contributed by atoms with Crippen LogP contribution in [0.3, 0.4) is 0 Å². The summed E-state index contributed by atoms with van der Waals surface area (Å²) in [7, 11) is 1.85. The number of carbonyl (C=O) groups excluding carboxylic acids is 1. The standard InChI is InChI=1S/C22H38N8O.HI/c1-23-22(24-10-7-9-20-26-25-19-8-3-2-4-13-30(19)20)29-16-14-27(15-17-29)18-21(31)28-11-5-6-12-28;/h2-18H2,1H3,(H,23,24);1H.